The first-order valence-corrected chi connectivity index (χ1v) is 5.11. The van der Waals surface area contributed by atoms with Gasteiger partial charge < -0.3 is 10.1 Å². The Labute approximate surface area is 91.4 Å². The Balaban J connectivity index is 2.19. The van der Waals surface area contributed by atoms with Crippen molar-refractivity contribution in [2.24, 2.45) is 0 Å². The van der Waals surface area contributed by atoms with Crippen LogP contribution in [-0.4, -0.2) is 19.2 Å². The Bertz CT molecular complexity index is 358. The molecule has 5 heteroatoms. The Morgan fingerprint density at radius 1 is 1.25 bits per heavy atom. The lowest BCUT2D eigenvalue weighted by Crippen LogP contribution is -2.21. The van der Waals surface area contributed by atoms with Gasteiger partial charge in [0.05, 0.1) is 5.56 Å². The number of hydrogen-bond donors (Lipinski definition) is 1. The lowest BCUT2D eigenvalue weighted by atomic mass is 10.2. The van der Waals surface area contributed by atoms with Crippen molar-refractivity contribution >= 4 is 0 Å². The minimum absolute atomic E-state index is 0.0799. The third-order valence-electron chi connectivity index (χ3n) is 2.50. The third-order valence-corrected chi connectivity index (χ3v) is 2.50. The lowest BCUT2D eigenvalue weighted by molar-refractivity contribution is -0.139. The normalized spacial score (nSPS) is 21.1. The molecule has 0 bridgehead atoms. The minimum Gasteiger partial charge on any atom is -0.488 e. The maximum absolute atomic E-state index is 12.6. The molecule has 0 aliphatic carbocycles. The van der Waals surface area contributed by atoms with Crippen molar-refractivity contribution in [3.05, 3.63) is 29.8 Å². The van der Waals surface area contributed by atoms with E-state index in [1.54, 1.807) is 6.07 Å². The van der Waals surface area contributed by atoms with Crippen molar-refractivity contribution < 1.29 is 17.9 Å². The second-order valence-corrected chi connectivity index (χ2v) is 3.73. The van der Waals surface area contributed by atoms with E-state index in [4.69, 9.17) is 4.74 Å². The summed E-state index contributed by atoms with van der Waals surface area (Å²) in [6, 6.07) is 5.31. The fraction of sp³-hybridized carbons (Fsp3) is 0.455. The molecule has 2 nitrogen and oxygen atoms in total. The molecule has 1 atom stereocenters. The van der Waals surface area contributed by atoms with Crippen LogP contribution in [0.15, 0.2) is 24.3 Å². The number of halogens is 3. The summed E-state index contributed by atoms with van der Waals surface area (Å²) in [4.78, 5) is 0. The standard InChI is InChI=1S/C11H12F3NO/c12-11(13,14)9-3-1-2-4-10(9)16-8-5-6-15-7-8/h1-4,8,15H,5-7H2. The van der Waals surface area contributed by atoms with Crippen LogP contribution in [0.5, 0.6) is 5.75 Å². The van der Waals surface area contributed by atoms with E-state index in [0.717, 1.165) is 19.0 Å². The number of hydrogen-bond acceptors (Lipinski definition) is 2. The number of para-hydroxylation sites is 1. The van der Waals surface area contributed by atoms with Crippen LogP contribution in [0.1, 0.15) is 12.0 Å². The smallest absolute Gasteiger partial charge is 0.419 e. The van der Waals surface area contributed by atoms with Crippen LogP contribution in [-0.2, 0) is 6.18 Å². The van der Waals surface area contributed by atoms with Gasteiger partial charge in [-0.25, -0.2) is 0 Å². The van der Waals surface area contributed by atoms with Crippen LogP contribution in [0.3, 0.4) is 0 Å². The molecular formula is C11H12F3NO. The fourth-order valence-electron chi connectivity index (χ4n) is 1.71. The van der Waals surface area contributed by atoms with Gasteiger partial charge in [-0.2, -0.15) is 13.2 Å². The molecular weight excluding hydrogens is 219 g/mol. The minimum atomic E-state index is -4.36. The molecule has 1 aromatic carbocycles. The topological polar surface area (TPSA) is 21.3 Å². The molecule has 88 valence electrons. The summed E-state index contributed by atoms with van der Waals surface area (Å²) in [5, 5.41) is 3.04. The van der Waals surface area contributed by atoms with Gasteiger partial charge in [0.25, 0.3) is 0 Å². The molecule has 1 aliphatic heterocycles. The van der Waals surface area contributed by atoms with Crippen LogP contribution >= 0.6 is 0 Å². The molecule has 0 radical (unpaired) electrons. The highest BCUT2D eigenvalue weighted by Crippen LogP contribution is 2.36. The monoisotopic (exact) mass is 231 g/mol. The van der Waals surface area contributed by atoms with E-state index in [1.807, 2.05) is 0 Å². The van der Waals surface area contributed by atoms with Crippen molar-refractivity contribution in [1.29, 1.82) is 0 Å². The van der Waals surface area contributed by atoms with Gasteiger partial charge in [0.15, 0.2) is 0 Å². The summed E-state index contributed by atoms with van der Waals surface area (Å²) in [6.07, 6.45) is -3.78. The van der Waals surface area contributed by atoms with Crippen LogP contribution in [0.4, 0.5) is 13.2 Å². The van der Waals surface area contributed by atoms with E-state index in [1.165, 1.54) is 12.1 Å². The molecule has 1 aromatic rings. The maximum atomic E-state index is 12.6. The summed E-state index contributed by atoms with van der Waals surface area (Å²) >= 11 is 0. The molecule has 1 heterocycles. The highest BCUT2D eigenvalue weighted by Gasteiger charge is 2.34. The number of rotatable bonds is 2. The molecule has 1 aliphatic rings. The quantitative estimate of drug-likeness (QED) is 0.844. The van der Waals surface area contributed by atoms with Crippen LogP contribution in [0, 0.1) is 0 Å². The molecule has 0 aromatic heterocycles. The average molecular weight is 231 g/mol. The Morgan fingerprint density at radius 2 is 2.00 bits per heavy atom. The molecule has 1 unspecified atom stereocenters. The molecule has 16 heavy (non-hydrogen) atoms. The van der Waals surface area contributed by atoms with Gasteiger partial charge in [0.2, 0.25) is 0 Å². The SMILES string of the molecule is FC(F)(F)c1ccccc1OC1CCNC1. The van der Waals surface area contributed by atoms with Gasteiger partial charge in [-0.05, 0) is 25.1 Å². The second-order valence-electron chi connectivity index (χ2n) is 3.73. The summed E-state index contributed by atoms with van der Waals surface area (Å²) in [5.74, 6) is -0.0799. The first-order chi connectivity index (χ1) is 7.57. The zero-order valence-electron chi connectivity index (χ0n) is 8.55. The Hall–Kier alpha value is -1.23. The number of alkyl halides is 3. The Kier molecular flexibility index (Phi) is 3.05. The van der Waals surface area contributed by atoms with Gasteiger partial charge in [0, 0.05) is 6.54 Å². The predicted molar refractivity (Wildman–Crippen MR) is 53.3 cm³/mol. The summed E-state index contributed by atoms with van der Waals surface area (Å²) in [6.45, 7) is 1.39. The molecule has 1 N–H and O–H groups in total. The van der Waals surface area contributed by atoms with Gasteiger partial charge in [0.1, 0.15) is 11.9 Å². The average Bonchev–Trinajstić information content (AvgIpc) is 2.70. The van der Waals surface area contributed by atoms with E-state index in [9.17, 15) is 13.2 Å². The fourth-order valence-corrected chi connectivity index (χ4v) is 1.71. The highest BCUT2D eigenvalue weighted by atomic mass is 19.4. The summed E-state index contributed by atoms with van der Waals surface area (Å²) in [5.41, 5.74) is -0.707. The van der Waals surface area contributed by atoms with E-state index < -0.39 is 11.7 Å². The first kappa shape index (κ1) is 11.3. The van der Waals surface area contributed by atoms with Gasteiger partial charge in [-0.15, -0.1) is 0 Å². The molecule has 0 saturated carbocycles. The number of nitrogens with one attached hydrogen (secondary N) is 1. The second kappa shape index (κ2) is 4.33. The van der Waals surface area contributed by atoms with E-state index in [0.29, 0.717) is 6.54 Å². The van der Waals surface area contributed by atoms with Crippen LogP contribution in [0.25, 0.3) is 0 Å². The molecule has 1 fully saturated rings. The highest BCUT2D eigenvalue weighted by molar-refractivity contribution is 5.35. The zero-order chi connectivity index (χ0) is 11.6. The largest absolute Gasteiger partial charge is 0.488 e. The number of ether oxygens (including phenoxy) is 1. The Morgan fingerprint density at radius 3 is 2.62 bits per heavy atom. The maximum Gasteiger partial charge on any atom is 0.419 e. The van der Waals surface area contributed by atoms with E-state index >= 15 is 0 Å². The van der Waals surface area contributed by atoms with E-state index in [2.05, 4.69) is 5.32 Å². The molecule has 0 spiro atoms. The zero-order valence-corrected chi connectivity index (χ0v) is 8.55. The third kappa shape index (κ3) is 2.47. The summed E-state index contributed by atoms with van der Waals surface area (Å²) in [7, 11) is 0. The van der Waals surface area contributed by atoms with E-state index in [-0.39, 0.29) is 11.9 Å². The lowest BCUT2D eigenvalue weighted by Gasteiger charge is -2.17. The first-order valence-electron chi connectivity index (χ1n) is 5.11. The van der Waals surface area contributed by atoms with Crippen molar-refractivity contribution in [3.8, 4) is 5.75 Å². The molecule has 1 saturated heterocycles. The van der Waals surface area contributed by atoms with Gasteiger partial charge >= 0.3 is 6.18 Å². The predicted octanol–water partition coefficient (Wildman–Crippen LogP) is 2.45. The molecule has 0 amide bonds. The van der Waals surface area contributed by atoms with Gasteiger partial charge in [-0.1, -0.05) is 12.1 Å². The van der Waals surface area contributed by atoms with Crippen molar-refractivity contribution in [3.63, 3.8) is 0 Å². The van der Waals surface area contributed by atoms with Crippen molar-refractivity contribution in [2.75, 3.05) is 13.1 Å². The van der Waals surface area contributed by atoms with Crippen molar-refractivity contribution in [2.45, 2.75) is 18.7 Å². The summed E-state index contributed by atoms with van der Waals surface area (Å²) < 4.78 is 43.2. The number of benzene rings is 1. The van der Waals surface area contributed by atoms with Gasteiger partial charge in [-0.3, -0.25) is 0 Å². The van der Waals surface area contributed by atoms with Crippen LogP contribution < -0.4 is 10.1 Å². The van der Waals surface area contributed by atoms with Crippen LogP contribution in [0.2, 0.25) is 0 Å². The molecule has 2 rings (SSSR count). The van der Waals surface area contributed by atoms with Crippen molar-refractivity contribution in [1.82, 2.24) is 5.32 Å².